The van der Waals surface area contributed by atoms with Gasteiger partial charge in [0, 0.05) is 0 Å². The number of ether oxygens (including phenoxy) is 1. The highest BCUT2D eigenvalue weighted by Crippen LogP contribution is 2.20. The molecule has 1 heteroatoms. The van der Waals surface area contributed by atoms with Crippen LogP contribution in [0.3, 0.4) is 0 Å². The third-order valence-electron chi connectivity index (χ3n) is 1.87. The molecule has 0 N–H and O–H groups in total. The molecule has 0 fully saturated rings. The first-order valence-corrected chi connectivity index (χ1v) is 4.01. The molecule has 1 nitrogen and oxygen atoms in total. The average molecular weight is 161 g/mol. The smallest absolute Gasteiger partial charge is 0.122 e. The van der Waals surface area contributed by atoms with Crippen molar-refractivity contribution in [3.8, 4) is 5.75 Å². The molecule has 0 aliphatic rings. The van der Waals surface area contributed by atoms with Gasteiger partial charge in [0.25, 0.3) is 0 Å². The van der Waals surface area contributed by atoms with Gasteiger partial charge in [-0.25, -0.2) is 0 Å². The first-order valence-electron chi connectivity index (χ1n) is 4.01. The molecule has 0 heterocycles. The van der Waals surface area contributed by atoms with E-state index in [9.17, 15) is 0 Å². The predicted octanol–water partition coefficient (Wildman–Crippen LogP) is 2.59. The Balaban J connectivity index is 3.10. The molecule has 0 aliphatic heterocycles. The molecule has 0 amide bonds. The largest absolute Gasteiger partial charge is 0.496 e. The van der Waals surface area contributed by atoms with Gasteiger partial charge in [0.1, 0.15) is 5.75 Å². The van der Waals surface area contributed by atoms with Crippen LogP contribution in [0.15, 0.2) is 24.8 Å². The monoisotopic (exact) mass is 161 g/mol. The van der Waals surface area contributed by atoms with E-state index in [-0.39, 0.29) is 0 Å². The Labute approximate surface area is 73.7 Å². The van der Waals surface area contributed by atoms with Crippen LogP contribution < -0.4 is 4.74 Å². The van der Waals surface area contributed by atoms with Gasteiger partial charge in [0.05, 0.1) is 7.11 Å². The van der Waals surface area contributed by atoms with E-state index < -0.39 is 0 Å². The summed E-state index contributed by atoms with van der Waals surface area (Å²) in [6.07, 6.45) is 3.81. The third-order valence-corrected chi connectivity index (χ3v) is 1.87. The van der Waals surface area contributed by atoms with Crippen molar-refractivity contribution >= 4 is 0 Å². The molecular weight excluding hydrogens is 148 g/mol. The summed E-state index contributed by atoms with van der Waals surface area (Å²) in [6, 6.07) is 5.99. The quantitative estimate of drug-likeness (QED) is 0.662. The topological polar surface area (TPSA) is 9.23 Å². The van der Waals surface area contributed by atoms with E-state index in [1.54, 1.807) is 7.11 Å². The van der Waals surface area contributed by atoms with Crippen molar-refractivity contribution in [2.75, 3.05) is 7.11 Å². The zero-order valence-electron chi connectivity index (χ0n) is 7.55. The van der Waals surface area contributed by atoms with Crippen molar-refractivity contribution < 1.29 is 4.74 Å². The SMILES string of the molecule is C=[C]c1ccc(CC)c(OC)c1. The highest BCUT2D eigenvalue weighted by atomic mass is 16.5. The van der Waals surface area contributed by atoms with Crippen molar-refractivity contribution in [1.29, 1.82) is 0 Å². The molecule has 0 aromatic heterocycles. The summed E-state index contributed by atoms with van der Waals surface area (Å²) in [6.45, 7) is 5.69. The normalized spacial score (nSPS) is 9.50. The van der Waals surface area contributed by atoms with Gasteiger partial charge < -0.3 is 4.74 Å². The van der Waals surface area contributed by atoms with Crippen LogP contribution in [0.25, 0.3) is 0 Å². The molecule has 0 aliphatic carbocycles. The van der Waals surface area contributed by atoms with Crippen molar-refractivity contribution in [3.05, 3.63) is 42.0 Å². The number of rotatable bonds is 3. The van der Waals surface area contributed by atoms with Crippen LogP contribution in [0.4, 0.5) is 0 Å². The maximum Gasteiger partial charge on any atom is 0.122 e. The second kappa shape index (κ2) is 3.96. The molecule has 1 aromatic carbocycles. The standard InChI is InChI=1S/C11H13O/c1-4-9-6-7-10(5-2)11(8-9)12-3/h6-8H,1,5H2,2-3H3. The van der Waals surface area contributed by atoms with Crippen LogP contribution in [-0.4, -0.2) is 7.11 Å². The van der Waals surface area contributed by atoms with Crippen LogP contribution in [0.2, 0.25) is 0 Å². The number of benzene rings is 1. The lowest BCUT2D eigenvalue weighted by molar-refractivity contribution is 0.410. The van der Waals surface area contributed by atoms with E-state index >= 15 is 0 Å². The lowest BCUT2D eigenvalue weighted by Crippen LogP contribution is -1.90. The van der Waals surface area contributed by atoms with Crippen molar-refractivity contribution in [1.82, 2.24) is 0 Å². The molecule has 0 unspecified atom stereocenters. The number of methoxy groups -OCH3 is 1. The number of hydrogen-bond acceptors (Lipinski definition) is 1. The summed E-state index contributed by atoms with van der Waals surface area (Å²) >= 11 is 0. The number of hydrogen-bond donors (Lipinski definition) is 0. The first-order chi connectivity index (χ1) is 5.81. The Morgan fingerprint density at radius 1 is 1.50 bits per heavy atom. The second-order valence-corrected chi connectivity index (χ2v) is 2.56. The summed E-state index contributed by atoms with van der Waals surface area (Å²) in [5.74, 6) is 0.922. The van der Waals surface area contributed by atoms with Crippen LogP contribution in [-0.2, 0) is 6.42 Å². The maximum absolute atomic E-state index is 5.21. The molecule has 1 radical (unpaired) electrons. The third kappa shape index (κ3) is 1.67. The lowest BCUT2D eigenvalue weighted by atomic mass is 10.1. The summed E-state index contributed by atoms with van der Waals surface area (Å²) in [4.78, 5) is 0. The van der Waals surface area contributed by atoms with Crippen molar-refractivity contribution in [2.45, 2.75) is 13.3 Å². The molecule has 0 saturated carbocycles. The maximum atomic E-state index is 5.21. The van der Waals surface area contributed by atoms with Gasteiger partial charge >= 0.3 is 0 Å². The van der Waals surface area contributed by atoms with Crippen LogP contribution >= 0.6 is 0 Å². The Bertz CT molecular complexity index is 276. The minimum atomic E-state index is 0.922. The zero-order chi connectivity index (χ0) is 8.97. The van der Waals surface area contributed by atoms with E-state index in [0.717, 1.165) is 17.7 Å². The molecule has 0 spiro atoms. The zero-order valence-corrected chi connectivity index (χ0v) is 7.55. The second-order valence-electron chi connectivity index (χ2n) is 2.56. The minimum absolute atomic E-state index is 0.922. The summed E-state index contributed by atoms with van der Waals surface area (Å²) in [5.41, 5.74) is 2.19. The van der Waals surface area contributed by atoms with Crippen molar-refractivity contribution in [3.63, 3.8) is 0 Å². The molecule has 1 rings (SSSR count). The fraction of sp³-hybridized carbons (Fsp3) is 0.273. The predicted molar refractivity (Wildman–Crippen MR) is 50.3 cm³/mol. The van der Waals surface area contributed by atoms with Gasteiger partial charge in [-0.1, -0.05) is 25.6 Å². The Morgan fingerprint density at radius 3 is 2.75 bits per heavy atom. The fourth-order valence-corrected chi connectivity index (χ4v) is 1.15. The van der Waals surface area contributed by atoms with Gasteiger partial charge in [0.2, 0.25) is 0 Å². The number of aryl methyl sites for hydroxylation is 1. The van der Waals surface area contributed by atoms with E-state index in [4.69, 9.17) is 4.74 Å². The molecule has 1 aromatic rings. The van der Waals surface area contributed by atoms with E-state index in [1.165, 1.54) is 5.56 Å². The van der Waals surface area contributed by atoms with Gasteiger partial charge in [0.15, 0.2) is 0 Å². The lowest BCUT2D eigenvalue weighted by Gasteiger charge is -2.06. The molecule has 63 valence electrons. The van der Waals surface area contributed by atoms with Crippen molar-refractivity contribution in [2.24, 2.45) is 0 Å². The van der Waals surface area contributed by atoms with E-state index in [2.05, 4.69) is 19.6 Å². The fourth-order valence-electron chi connectivity index (χ4n) is 1.15. The minimum Gasteiger partial charge on any atom is -0.496 e. The average Bonchev–Trinajstić information content (AvgIpc) is 2.16. The molecule has 0 atom stereocenters. The summed E-state index contributed by atoms with van der Waals surface area (Å²) in [5, 5.41) is 0. The Hall–Kier alpha value is -1.24. The van der Waals surface area contributed by atoms with Gasteiger partial charge in [-0.05, 0) is 29.7 Å². The summed E-state index contributed by atoms with van der Waals surface area (Å²) in [7, 11) is 1.68. The summed E-state index contributed by atoms with van der Waals surface area (Å²) < 4.78 is 5.21. The molecular formula is C11H13O. The van der Waals surface area contributed by atoms with Gasteiger partial charge in [-0.3, -0.25) is 0 Å². The molecule has 0 bridgehead atoms. The Morgan fingerprint density at radius 2 is 2.25 bits per heavy atom. The van der Waals surface area contributed by atoms with E-state index in [0.29, 0.717) is 0 Å². The highest BCUT2D eigenvalue weighted by molar-refractivity contribution is 5.39. The van der Waals surface area contributed by atoms with Crippen LogP contribution in [0.1, 0.15) is 18.1 Å². The first kappa shape index (κ1) is 8.85. The van der Waals surface area contributed by atoms with Gasteiger partial charge in [-0.2, -0.15) is 0 Å². The molecule has 12 heavy (non-hydrogen) atoms. The van der Waals surface area contributed by atoms with Crippen LogP contribution in [0.5, 0.6) is 5.75 Å². The Kier molecular flexibility index (Phi) is 2.92. The molecule has 0 saturated heterocycles. The van der Waals surface area contributed by atoms with Gasteiger partial charge in [-0.15, -0.1) is 0 Å². The highest BCUT2D eigenvalue weighted by Gasteiger charge is 1.99. The van der Waals surface area contributed by atoms with Crippen LogP contribution in [0, 0.1) is 6.08 Å². The van der Waals surface area contributed by atoms with E-state index in [1.807, 2.05) is 18.2 Å².